The van der Waals surface area contributed by atoms with E-state index in [0.717, 1.165) is 26.2 Å². The number of likely N-dealkylation sites (tertiary alicyclic amines) is 2. The number of rotatable bonds is 6. The maximum atomic E-state index is 12.7. The molecule has 0 aromatic rings. The van der Waals surface area contributed by atoms with E-state index in [2.05, 4.69) is 9.80 Å². The van der Waals surface area contributed by atoms with Gasteiger partial charge in [0.15, 0.2) is 0 Å². The highest BCUT2D eigenvalue weighted by Gasteiger charge is 2.49. The molecule has 4 unspecified atom stereocenters. The van der Waals surface area contributed by atoms with Gasteiger partial charge in [0.1, 0.15) is 0 Å². The molecule has 0 saturated carbocycles. The summed E-state index contributed by atoms with van der Waals surface area (Å²) in [6.07, 6.45) is 5.77. The SMILES string of the molecule is O=C1C2CC=C(Cl)CC2C(=O)N1CCN1CCN(CCN2C(=O)C3CC=C(Cl)CC3C2=O)CC1. The first-order valence-electron chi connectivity index (χ1n) is 12.2. The first-order valence-corrected chi connectivity index (χ1v) is 12.9. The Hall–Kier alpha value is -1.74. The van der Waals surface area contributed by atoms with Crippen LogP contribution in [0.3, 0.4) is 0 Å². The Bertz CT molecular complexity index is 883. The molecule has 0 bridgehead atoms. The highest BCUT2D eigenvalue weighted by molar-refractivity contribution is 6.30. The molecule has 34 heavy (non-hydrogen) atoms. The van der Waals surface area contributed by atoms with E-state index < -0.39 is 0 Å². The molecule has 5 rings (SSSR count). The lowest BCUT2D eigenvalue weighted by molar-refractivity contribution is -0.142. The summed E-state index contributed by atoms with van der Waals surface area (Å²) >= 11 is 12.2. The number of hydrogen-bond acceptors (Lipinski definition) is 6. The molecule has 5 aliphatic rings. The molecule has 4 atom stereocenters. The second-order valence-electron chi connectivity index (χ2n) is 9.95. The third-order valence-electron chi connectivity index (χ3n) is 8.07. The zero-order chi connectivity index (χ0) is 24.0. The predicted octanol–water partition coefficient (Wildman–Crippen LogP) is 1.64. The Balaban J connectivity index is 1.05. The first kappa shape index (κ1) is 24.0. The minimum absolute atomic E-state index is 0.0638. The number of imide groups is 2. The molecule has 0 radical (unpaired) electrons. The van der Waals surface area contributed by atoms with Crippen LogP contribution in [0.4, 0.5) is 0 Å². The minimum atomic E-state index is -0.298. The fourth-order valence-electron chi connectivity index (χ4n) is 5.95. The predicted molar refractivity (Wildman–Crippen MR) is 127 cm³/mol. The number of hydrogen-bond donors (Lipinski definition) is 0. The molecule has 3 aliphatic heterocycles. The van der Waals surface area contributed by atoms with Crippen LogP contribution in [0.25, 0.3) is 0 Å². The van der Waals surface area contributed by atoms with Gasteiger partial charge in [0.05, 0.1) is 23.7 Å². The van der Waals surface area contributed by atoms with Crippen LogP contribution < -0.4 is 0 Å². The molecule has 0 aromatic heterocycles. The Kier molecular flexibility index (Phi) is 6.86. The van der Waals surface area contributed by atoms with Gasteiger partial charge >= 0.3 is 0 Å². The van der Waals surface area contributed by atoms with Gasteiger partial charge in [0, 0.05) is 62.4 Å². The molecule has 10 heteroatoms. The zero-order valence-electron chi connectivity index (χ0n) is 19.1. The fraction of sp³-hybridized carbons (Fsp3) is 0.667. The Morgan fingerprint density at radius 3 is 1.32 bits per heavy atom. The van der Waals surface area contributed by atoms with Crippen molar-refractivity contribution >= 4 is 46.8 Å². The average Bonchev–Trinajstić information content (AvgIpc) is 3.20. The third-order valence-corrected chi connectivity index (χ3v) is 8.68. The summed E-state index contributed by atoms with van der Waals surface area (Å²) < 4.78 is 0. The van der Waals surface area contributed by atoms with Crippen molar-refractivity contribution in [3.05, 3.63) is 22.2 Å². The standard InChI is InChI=1S/C24H30Cl2N4O4/c25-15-1-3-17-19(13-15)23(33)29(21(17)31)11-9-27-5-7-28(8-6-27)10-12-30-22(32)18-4-2-16(26)14-20(18)24(30)34/h1-2,17-20H,3-14H2. The van der Waals surface area contributed by atoms with Gasteiger partial charge in [0.2, 0.25) is 23.6 Å². The van der Waals surface area contributed by atoms with E-state index in [0.29, 0.717) is 61.9 Å². The van der Waals surface area contributed by atoms with Gasteiger partial charge in [-0.3, -0.25) is 38.8 Å². The summed E-state index contributed by atoms with van der Waals surface area (Å²) in [5, 5.41) is 1.36. The summed E-state index contributed by atoms with van der Waals surface area (Å²) in [6.45, 7) is 5.44. The molecule has 3 heterocycles. The number of amides is 4. The van der Waals surface area contributed by atoms with Gasteiger partial charge in [-0.2, -0.15) is 0 Å². The Morgan fingerprint density at radius 2 is 0.941 bits per heavy atom. The summed E-state index contributed by atoms with van der Waals surface area (Å²) in [6, 6.07) is 0. The van der Waals surface area contributed by atoms with Crippen LogP contribution in [0.5, 0.6) is 0 Å². The van der Waals surface area contributed by atoms with Crippen LogP contribution in [-0.4, -0.2) is 95.6 Å². The Labute approximate surface area is 209 Å². The van der Waals surface area contributed by atoms with E-state index in [1.54, 1.807) is 0 Å². The van der Waals surface area contributed by atoms with E-state index in [9.17, 15) is 19.2 Å². The van der Waals surface area contributed by atoms with Crippen LogP contribution >= 0.6 is 23.2 Å². The monoisotopic (exact) mass is 508 g/mol. The zero-order valence-corrected chi connectivity index (χ0v) is 20.6. The van der Waals surface area contributed by atoms with Crippen molar-refractivity contribution in [2.45, 2.75) is 25.7 Å². The van der Waals surface area contributed by atoms with E-state index in [4.69, 9.17) is 23.2 Å². The van der Waals surface area contributed by atoms with Crippen LogP contribution in [0.1, 0.15) is 25.7 Å². The third kappa shape index (κ3) is 4.45. The van der Waals surface area contributed by atoms with Gasteiger partial charge in [0.25, 0.3) is 0 Å². The lowest BCUT2D eigenvalue weighted by atomic mass is 9.85. The van der Waals surface area contributed by atoms with Gasteiger partial charge in [-0.05, 0) is 25.7 Å². The second kappa shape index (κ2) is 9.72. The molecule has 2 aliphatic carbocycles. The number of nitrogens with zero attached hydrogens (tertiary/aromatic N) is 4. The maximum Gasteiger partial charge on any atom is 0.233 e. The molecule has 3 saturated heterocycles. The number of piperazine rings is 1. The number of fused-ring (bicyclic) bond motifs is 2. The quantitative estimate of drug-likeness (QED) is 0.507. The molecule has 0 N–H and O–H groups in total. The number of carbonyl (C=O) groups is 4. The van der Waals surface area contributed by atoms with Gasteiger partial charge in [-0.25, -0.2) is 0 Å². The molecular formula is C24H30Cl2N4O4. The molecule has 8 nitrogen and oxygen atoms in total. The highest BCUT2D eigenvalue weighted by atomic mass is 35.5. The summed E-state index contributed by atoms with van der Waals surface area (Å²) in [4.78, 5) is 58.2. The lowest BCUT2D eigenvalue weighted by Gasteiger charge is -2.35. The normalized spacial score (nSPS) is 32.8. The van der Waals surface area contributed by atoms with E-state index in [1.807, 2.05) is 12.2 Å². The van der Waals surface area contributed by atoms with E-state index in [1.165, 1.54) is 9.80 Å². The topological polar surface area (TPSA) is 81.2 Å². The van der Waals surface area contributed by atoms with Crippen molar-refractivity contribution in [1.29, 1.82) is 0 Å². The fourth-order valence-corrected chi connectivity index (χ4v) is 6.46. The Morgan fingerprint density at radius 1 is 0.588 bits per heavy atom. The van der Waals surface area contributed by atoms with Gasteiger partial charge < -0.3 is 0 Å². The van der Waals surface area contributed by atoms with E-state index in [-0.39, 0.29) is 47.3 Å². The van der Waals surface area contributed by atoms with Crippen molar-refractivity contribution in [3.8, 4) is 0 Å². The lowest BCUT2D eigenvalue weighted by Crippen LogP contribution is -2.50. The van der Waals surface area contributed by atoms with Crippen LogP contribution in [0, 0.1) is 23.7 Å². The van der Waals surface area contributed by atoms with E-state index >= 15 is 0 Å². The minimum Gasteiger partial charge on any atom is -0.299 e. The summed E-state index contributed by atoms with van der Waals surface area (Å²) in [7, 11) is 0. The van der Waals surface area contributed by atoms with Crippen LogP contribution in [0.2, 0.25) is 0 Å². The largest absolute Gasteiger partial charge is 0.299 e. The van der Waals surface area contributed by atoms with Crippen molar-refractivity contribution in [2.75, 3.05) is 52.4 Å². The molecule has 184 valence electrons. The van der Waals surface area contributed by atoms with Gasteiger partial charge in [-0.15, -0.1) is 0 Å². The van der Waals surface area contributed by atoms with Crippen molar-refractivity contribution in [2.24, 2.45) is 23.7 Å². The maximum absolute atomic E-state index is 12.7. The van der Waals surface area contributed by atoms with Crippen molar-refractivity contribution in [1.82, 2.24) is 19.6 Å². The summed E-state index contributed by atoms with van der Waals surface area (Å²) in [5.74, 6) is -1.40. The van der Waals surface area contributed by atoms with Crippen LogP contribution in [0.15, 0.2) is 22.2 Å². The average molecular weight is 509 g/mol. The number of carbonyl (C=O) groups excluding carboxylic acids is 4. The molecule has 0 aromatic carbocycles. The molecule has 4 amide bonds. The number of allylic oxidation sites excluding steroid dienone is 4. The van der Waals surface area contributed by atoms with Crippen molar-refractivity contribution in [3.63, 3.8) is 0 Å². The summed E-state index contributed by atoms with van der Waals surface area (Å²) in [5.41, 5.74) is 0. The van der Waals surface area contributed by atoms with Crippen molar-refractivity contribution < 1.29 is 19.2 Å². The smallest absolute Gasteiger partial charge is 0.233 e. The molecule has 3 fully saturated rings. The molecule has 0 spiro atoms. The first-order chi connectivity index (χ1) is 16.3. The van der Waals surface area contributed by atoms with Gasteiger partial charge in [-0.1, -0.05) is 35.4 Å². The second-order valence-corrected chi connectivity index (χ2v) is 10.9. The molecular weight excluding hydrogens is 479 g/mol. The van der Waals surface area contributed by atoms with Crippen LogP contribution in [-0.2, 0) is 19.2 Å². The highest BCUT2D eigenvalue weighted by Crippen LogP contribution is 2.39. The number of halogens is 2.